The van der Waals surface area contributed by atoms with Gasteiger partial charge >= 0.3 is 6.09 Å². The average Bonchev–Trinajstić information content (AvgIpc) is 3.25. The summed E-state index contributed by atoms with van der Waals surface area (Å²) >= 11 is 2.25. The third kappa shape index (κ3) is 5.86. The van der Waals surface area contributed by atoms with Gasteiger partial charge in [0, 0.05) is 39.0 Å². The lowest BCUT2D eigenvalue weighted by atomic mass is 9.89. The number of hydrogen-bond acceptors (Lipinski definition) is 4. The first-order valence-corrected chi connectivity index (χ1v) is 11.7. The SMILES string of the molecule is O=C(Nc1ccc2cc[nH]c2c1)OCCCN1CCC(C(=O)c2ccc(I)cc2)CC1. The molecule has 2 N–H and O–H groups in total. The van der Waals surface area contributed by atoms with Crippen LogP contribution in [-0.2, 0) is 4.74 Å². The summed E-state index contributed by atoms with van der Waals surface area (Å²) < 4.78 is 6.46. The van der Waals surface area contributed by atoms with Crippen molar-refractivity contribution in [1.82, 2.24) is 9.88 Å². The summed E-state index contributed by atoms with van der Waals surface area (Å²) in [7, 11) is 0. The monoisotopic (exact) mass is 531 g/mol. The molecule has 3 aromatic rings. The molecule has 162 valence electrons. The van der Waals surface area contributed by atoms with Gasteiger partial charge in [-0.2, -0.15) is 0 Å². The maximum absolute atomic E-state index is 12.7. The highest BCUT2D eigenvalue weighted by Crippen LogP contribution is 2.22. The molecule has 2 aromatic carbocycles. The molecule has 1 amide bonds. The Morgan fingerprint density at radius 1 is 1.10 bits per heavy atom. The topological polar surface area (TPSA) is 74.4 Å². The van der Waals surface area contributed by atoms with E-state index < -0.39 is 6.09 Å². The van der Waals surface area contributed by atoms with Crippen molar-refractivity contribution in [1.29, 1.82) is 0 Å². The van der Waals surface area contributed by atoms with Crippen LogP contribution in [0.3, 0.4) is 0 Å². The van der Waals surface area contributed by atoms with E-state index in [4.69, 9.17) is 4.74 Å². The molecule has 6 nitrogen and oxygen atoms in total. The largest absolute Gasteiger partial charge is 0.449 e. The molecule has 0 bridgehead atoms. The fourth-order valence-electron chi connectivity index (χ4n) is 4.00. The van der Waals surface area contributed by atoms with Gasteiger partial charge in [-0.1, -0.05) is 18.2 Å². The Morgan fingerprint density at radius 2 is 1.87 bits per heavy atom. The smallest absolute Gasteiger partial charge is 0.411 e. The number of benzene rings is 2. The number of halogens is 1. The van der Waals surface area contributed by atoms with E-state index in [1.807, 2.05) is 54.7 Å². The zero-order valence-corrected chi connectivity index (χ0v) is 19.4. The number of Topliss-reactive ketones (excluding diaryl/α,β-unsaturated/α-hetero) is 1. The first kappa shape index (κ1) is 21.8. The molecule has 1 aliphatic rings. The summed E-state index contributed by atoms with van der Waals surface area (Å²) in [5.41, 5.74) is 2.50. The predicted molar refractivity (Wildman–Crippen MR) is 131 cm³/mol. The lowest BCUT2D eigenvalue weighted by molar-refractivity contribution is 0.0830. The molecular weight excluding hydrogens is 505 g/mol. The summed E-state index contributed by atoms with van der Waals surface area (Å²) in [5.74, 6) is 0.365. The maximum atomic E-state index is 12.7. The number of hydrogen-bond donors (Lipinski definition) is 2. The Hall–Kier alpha value is -2.39. The van der Waals surface area contributed by atoms with Crippen LogP contribution < -0.4 is 5.32 Å². The minimum absolute atomic E-state index is 0.107. The van der Waals surface area contributed by atoms with E-state index in [0.29, 0.717) is 12.3 Å². The highest BCUT2D eigenvalue weighted by Gasteiger charge is 2.25. The predicted octanol–water partition coefficient (Wildman–Crippen LogP) is 5.31. The van der Waals surface area contributed by atoms with E-state index >= 15 is 0 Å². The van der Waals surface area contributed by atoms with Crippen LogP contribution in [0.15, 0.2) is 54.7 Å². The third-order valence-corrected chi connectivity index (χ3v) is 6.46. The van der Waals surface area contributed by atoms with Crippen LogP contribution in [0, 0.1) is 9.49 Å². The van der Waals surface area contributed by atoms with E-state index in [-0.39, 0.29) is 11.7 Å². The van der Waals surface area contributed by atoms with Crippen molar-refractivity contribution < 1.29 is 14.3 Å². The molecule has 4 rings (SSSR count). The minimum Gasteiger partial charge on any atom is -0.449 e. The number of H-pyrrole nitrogens is 1. The second-order valence-corrected chi connectivity index (χ2v) is 9.13. The quantitative estimate of drug-likeness (QED) is 0.246. The van der Waals surface area contributed by atoms with Gasteiger partial charge < -0.3 is 14.6 Å². The maximum Gasteiger partial charge on any atom is 0.411 e. The summed E-state index contributed by atoms with van der Waals surface area (Å²) in [5, 5.41) is 3.87. The standard InChI is InChI=1S/C24H26IN3O3/c25-20-5-2-18(3-6-20)23(29)19-9-13-28(14-10-19)12-1-15-31-24(30)27-21-7-4-17-8-11-26-22(17)16-21/h2-8,11,16,19,26H,1,9-10,12-15H2,(H,27,30). The van der Waals surface area contributed by atoms with Crippen LogP contribution in [0.25, 0.3) is 10.9 Å². The van der Waals surface area contributed by atoms with Gasteiger partial charge in [0.25, 0.3) is 0 Å². The zero-order chi connectivity index (χ0) is 21.6. The number of carbonyl (C=O) groups excluding carboxylic acids is 2. The Balaban J connectivity index is 1.13. The fraction of sp³-hybridized carbons (Fsp3) is 0.333. The molecule has 1 aromatic heterocycles. The number of likely N-dealkylation sites (tertiary alicyclic amines) is 1. The number of carbonyl (C=O) groups is 2. The molecule has 0 radical (unpaired) electrons. The van der Waals surface area contributed by atoms with Crippen molar-refractivity contribution in [3.63, 3.8) is 0 Å². The summed E-state index contributed by atoms with van der Waals surface area (Å²) in [4.78, 5) is 30.2. The van der Waals surface area contributed by atoms with Gasteiger partial charge in [-0.3, -0.25) is 10.1 Å². The molecular formula is C24H26IN3O3. The normalized spacial score (nSPS) is 15.1. The number of ether oxygens (including phenoxy) is 1. The second kappa shape index (κ2) is 10.3. The summed E-state index contributed by atoms with van der Waals surface area (Å²) in [6.45, 7) is 3.05. The molecule has 7 heteroatoms. The van der Waals surface area contributed by atoms with Crippen LogP contribution in [0.1, 0.15) is 29.6 Å². The van der Waals surface area contributed by atoms with Crippen molar-refractivity contribution in [3.8, 4) is 0 Å². The number of ketones is 1. The van der Waals surface area contributed by atoms with Gasteiger partial charge in [-0.25, -0.2) is 4.79 Å². The molecule has 0 aliphatic carbocycles. The number of rotatable bonds is 7. The molecule has 0 spiro atoms. The number of aromatic nitrogens is 1. The number of anilines is 1. The van der Waals surface area contributed by atoms with Crippen LogP contribution in [-0.4, -0.2) is 48.0 Å². The second-order valence-electron chi connectivity index (χ2n) is 7.88. The molecule has 0 saturated carbocycles. The van der Waals surface area contributed by atoms with Gasteiger partial charge in [0.15, 0.2) is 5.78 Å². The van der Waals surface area contributed by atoms with Crippen molar-refractivity contribution in [3.05, 3.63) is 63.9 Å². The van der Waals surface area contributed by atoms with E-state index in [1.165, 1.54) is 0 Å². The molecule has 0 unspecified atom stereocenters. The van der Waals surface area contributed by atoms with E-state index in [1.54, 1.807) is 0 Å². The molecule has 1 aliphatic heterocycles. The van der Waals surface area contributed by atoms with Gasteiger partial charge in [0.1, 0.15) is 0 Å². The third-order valence-electron chi connectivity index (χ3n) is 5.74. The Morgan fingerprint density at radius 3 is 2.65 bits per heavy atom. The lowest BCUT2D eigenvalue weighted by Gasteiger charge is -2.31. The molecule has 1 saturated heterocycles. The van der Waals surface area contributed by atoms with Crippen LogP contribution >= 0.6 is 22.6 Å². The van der Waals surface area contributed by atoms with Gasteiger partial charge in [0.05, 0.1) is 6.61 Å². The minimum atomic E-state index is -0.437. The molecule has 2 heterocycles. The molecule has 31 heavy (non-hydrogen) atoms. The van der Waals surface area contributed by atoms with Crippen molar-refractivity contribution >= 4 is 51.1 Å². The van der Waals surface area contributed by atoms with Crippen LogP contribution in [0.4, 0.5) is 10.5 Å². The van der Waals surface area contributed by atoms with E-state index in [9.17, 15) is 9.59 Å². The molecule has 0 atom stereocenters. The summed E-state index contributed by atoms with van der Waals surface area (Å²) in [6, 6.07) is 15.5. The number of fused-ring (bicyclic) bond motifs is 1. The summed E-state index contributed by atoms with van der Waals surface area (Å²) in [6.07, 6.45) is 3.97. The number of nitrogens with zero attached hydrogens (tertiary/aromatic N) is 1. The van der Waals surface area contributed by atoms with Crippen molar-refractivity contribution in [2.24, 2.45) is 5.92 Å². The lowest BCUT2D eigenvalue weighted by Crippen LogP contribution is -2.37. The molecule has 1 fully saturated rings. The van der Waals surface area contributed by atoms with Crippen molar-refractivity contribution in [2.45, 2.75) is 19.3 Å². The number of nitrogens with one attached hydrogen (secondary N) is 2. The fourth-order valence-corrected chi connectivity index (χ4v) is 4.36. The van der Waals surface area contributed by atoms with E-state index in [2.05, 4.69) is 37.8 Å². The van der Waals surface area contributed by atoms with Gasteiger partial charge in [-0.05, 0) is 90.7 Å². The Labute approximate surface area is 195 Å². The highest BCUT2D eigenvalue weighted by molar-refractivity contribution is 14.1. The van der Waals surface area contributed by atoms with E-state index in [0.717, 1.165) is 58.9 Å². The van der Waals surface area contributed by atoms with Gasteiger partial charge in [-0.15, -0.1) is 0 Å². The number of amides is 1. The van der Waals surface area contributed by atoms with Crippen molar-refractivity contribution in [2.75, 3.05) is 31.6 Å². The first-order chi connectivity index (χ1) is 15.1. The first-order valence-electron chi connectivity index (χ1n) is 10.6. The number of aromatic amines is 1. The Kier molecular flexibility index (Phi) is 7.24. The van der Waals surface area contributed by atoms with Crippen LogP contribution in [0.5, 0.6) is 0 Å². The highest BCUT2D eigenvalue weighted by atomic mass is 127. The Bertz CT molecular complexity index is 1040. The van der Waals surface area contributed by atoms with Gasteiger partial charge in [0.2, 0.25) is 0 Å². The number of piperidine rings is 1. The average molecular weight is 531 g/mol. The van der Waals surface area contributed by atoms with Crippen LogP contribution in [0.2, 0.25) is 0 Å². The zero-order valence-electron chi connectivity index (χ0n) is 17.3.